The van der Waals surface area contributed by atoms with E-state index in [1.807, 2.05) is 0 Å². The van der Waals surface area contributed by atoms with Crippen molar-refractivity contribution in [3.05, 3.63) is 12.7 Å². The number of aliphatic hydroxyl groups excluding tert-OH is 3. The molecular formula is C17H26N6O9S. The largest absolute Gasteiger partial charge is 0.387 e. The van der Waals surface area contributed by atoms with Crippen LogP contribution in [0, 0.1) is 5.41 Å². The molecule has 33 heavy (non-hydrogen) atoms. The van der Waals surface area contributed by atoms with Crippen LogP contribution in [0.4, 0.5) is 5.82 Å². The Morgan fingerprint density at radius 1 is 1.33 bits per heavy atom. The van der Waals surface area contributed by atoms with Gasteiger partial charge in [0.15, 0.2) is 17.7 Å². The molecule has 0 spiro atoms. The number of aliphatic hydroxyl groups is 3. The van der Waals surface area contributed by atoms with E-state index >= 15 is 0 Å². The molecule has 1 amide bonds. The summed E-state index contributed by atoms with van der Waals surface area (Å²) in [6, 6.07) is 0. The van der Waals surface area contributed by atoms with E-state index in [2.05, 4.69) is 15.0 Å². The number of hydrogen-bond acceptors (Lipinski definition) is 13. The molecule has 0 radical (unpaired) electrons. The smallest absolute Gasteiger partial charge is 0.362 e. The molecule has 1 aliphatic heterocycles. The molecule has 2 aromatic rings. The summed E-state index contributed by atoms with van der Waals surface area (Å²) in [6.07, 6.45) is -4.74. The van der Waals surface area contributed by atoms with Gasteiger partial charge in [-0.1, -0.05) is 13.8 Å². The van der Waals surface area contributed by atoms with Crippen LogP contribution >= 0.6 is 0 Å². The first-order chi connectivity index (χ1) is 15.4. The maximum absolute atomic E-state index is 12.2. The van der Waals surface area contributed by atoms with Gasteiger partial charge in [0.2, 0.25) is 0 Å². The lowest BCUT2D eigenvalue weighted by atomic mass is 9.87. The Morgan fingerprint density at radius 3 is 2.70 bits per heavy atom. The molecule has 0 aliphatic carbocycles. The molecule has 15 nitrogen and oxygen atoms in total. The number of carbonyl (C=O) groups excluding carboxylic acids is 1. The number of aromatic nitrogens is 4. The monoisotopic (exact) mass is 490 g/mol. The van der Waals surface area contributed by atoms with Gasteiger partial charge in [-0.25, -0.2) is 19.7 Å². The first-order valence-corrected chi connectivity index (χ1v) is 11.1. The van der Waals surface area contributed by atoms with Crippen LogP contribution in [-0.2, 0) is 28.8 Å². The van der Waals surface area contributed by atoms with Gasteiger partial charge in [0.1, 0.15) is 36.3 Å². The summed E-state index contributed by atoms with van der Waals surface area (Å²) in [5.74, 6) is -1.12. The number of ether oxygens (including phenoxy) is 2. The number of nitrogen functional groups attached to an aromatic ring is 1. The van der Waals surface area contributed by atoms with Crippen molar-refractivity contribution in [1.82, 2.24) is 24.2 Å². The Kier molecular flexibility index (Phi) is 7.18. The van der Waals surface area contributed by atoms with Crippen molar-refractivity contribution in [3.63, 3.8) is 0 Å². The molecule has 1 aliphatic rings. The number of methoxy groups -OCH3 is 1. The Hall–Kier alpha value is -2.47. The summed E-state index contributed by atoms with van der Waals surface area (Å²) in [4.78, 5) is 24.0. The SMILES string of the molecule is COCC(C)(C)C(O)C(=O)NS(=O)(=O)OC[C@H]1O[C@@H](n2cnc3c(N)ncnc32)[C@H](O)[C@@H]1O. The van der Waals surface area contributed by atoms with E-state index in [1.54, 1.807) is 4.72 Å². The molecule has 3 rings (SSSR count). The van der Waals surface area contributed by atoms with Crippen LogP contribution in [0.1, 0.15) is 20.1 Å². The second-order valence-corrected chi connectivity index (χ2v) is 9.51. The van der Waals surface area contributed by atoms with Crippen LogP contribution in [0.2, 0.25) is 0 Å². The highest BCUT2D eigenvalue weighted by Gasteiger charge is 2.45. The van der Waals surface area contributed by atoms with Gasteiger partial charge in [-0.05, 0) is 0 Å². The van der Waals surface area contributed by atoms with Crippen LogP contribution in [0.3, 0.4) is 0 Å². The second kappa shape index (κ2) is 9.41. The number of fused-ring (bicyclic) bond motifs is 1. The first kappa shape index (κ1) is 25.2. The van der Waals surface area contributed by atoms with Crippen molar-refractivity contribution in [3.8, 4) is 0 Å². The number of amides is 1. The number of hydrogen-bond donors (Lipinski definition) is 5. The standard InChI is InChI=1S/C17H26N6O9S/c1-17(2,5-30-3)12(26)15(27)22-33(28,29)31-4-8-10(24)11(25)16(32-8)23-7-21-9-13(18)19-6-20-14(9)23/h6-8,10-12,16,24-26H,4-5H2,1-3H3,(H,22,27)(H2,18,19,20)/t8-,10-,11-,12?,16-/m1/s1. The summed E-state index contributed by atoms with van der Waals surface area (Å²) >= 11 is 0. The van der Waals surface area contributed by atoms with Crippen molar-refractivity contribution >= 4 is 33.2 Å². The van der Waals surface area contributed by atoms with Gasteiger partial charge >= 0.3 is 10.3 Å². The third kappa shape index (κ3) is 5.21. The van der Waals surface area contributed by atoms with E-state index < -0.39 is 58.9 Å². The van der Waals surface area contributed by atoms with E-state index in [9.17, 15) is 28.5 Å². The third-order valence-electron chi connectivity index (χ3n) is 5.12. The van der Waals surface area contributed by atoms with Crippen molar-refractivity contribution in [2.24, 2.45) is 5.41 Å². The van der Waals surface area contributed by atoms with Gasteiger partial charge in [-0.15, -0.1) is 0 Å². The number of imidazole rings is 1. The average Bonchev–Trinajstić information content (AvgIpc) is 3.28. The molecule has 1 fully saturated rings. The van der Waals surface area contributed by atoms with E-state index in [1.165, 1.54) is 38.2 Å². The minimum Gasteiger partial charge on any atom is -0.387 e. The predicted octanol–water partition coefficient (Wildman–Crippen LogP) is -2.56. The molecule has 5 atom stereocenters. The molecule has 2 aromatic heterocycles. The number of nitrogens with one attached hydrogen (secondary N) is 1. The zero-order valence-corrected chi connectivity index (χ0v) is 18.8. The van der Waals surface area contributed by atoms with Crippen LogP contribution in [0.25, 0.3) is 11.2 Å². The predicted molar refractivity (Wildman–Crippen MR) is 110 cm³/mol. The van der Waals surface area contributed by atoms with Crippen LogP contribution in [0.5, 0.6) is 0 Å². The fourth-order valence-corrected chi connectivity index (χ4v) is 4.05. The average molecular weight is 490 g/mol. The number of rotatable bonds is 9. The summed E-state index contributed by atoms with van der Waals surface area (Å²) in [5.41, 5.74) is 5.14. The molecule has 0 aromatic carbocycles. The highest BCUT2D eigenvalue weighted by atomic mass is 32.2. The molecule has 6 N–H and O–H groups in total. The Labute approximate surface area is 188 Å². The summed E-state index contributed by atoms with van der Waals surface area (Å²) in [7, 11) is -3.30. The third-order valence-corrected chi connectivity index (χ3v) is 6.01. The summed E-state index contributed by atoms with van der Waals surface area (Å²) in [6.45, 7) is 2.27. The van der Waals surface area contributed by atoms with E-state index in [0.717, 1.165) is 0 Å². The topological polar surface area (TPSA) is 221 Å². The minimum absolute atomic E-state index is 0.0105. The number of anilines is 1. The highest BCUT2D eigenvalue weighted by Crippen LogP contribution is 2.32. The van der Waals surface area contributed by atoms with E-state index in [0.29, 0.717) is 0 Å². The normalized spacial score (nSPS) is 24.8. The lowest BCUT2D eigenvalue weighted by Gasteiger charge is -2.28. The van der Waals surface area contributed by atoms with Gasteiger partial charge in [-0.3, -0.25) is 13.5 Å². The Balaban J connectivity index is 1.65. The summed E-state index contributed by atoms with van der Waals surface area (Å²) < 4.78 is 42.4. The molecule has 184 valence electrons. The minimum atomic E-state index is -4.67. The van der Waals surface area contributed by atoms with Gasteiger partial charge in [0.05, 0.1) is 19.5 Å². The molecule has 3 heterocycles. The highest BCUT2D eigenvalue weighted by molar-refractivity contribution is 7.85. The quantitative estimate of drug-likeness (QED) is 0.244. The number of carbonyl (C=O) groups is 1. The van der Waals surface area contributed by atoms with Gasteiger partial charge in [0.25, 0.3) is 5.91 Å². The fraction of sp³-hybridized carbons (Fsp3) is 0.647. The van der Waals surface area contributed by atoms with Crippen molar-refractivity contribution in [1.29, 1.82) is 0 Å². The van der Waals surface area contributed by atoms with Crippen LogP contribution in [-0.4, -0.2) is 93.9 Å². The maximum Gasteiger partial charge on any atom is 0.362 e. The Bertz CT molecular complexity index is 1110. The van der Waals surface area contributed by atoms with Crippen molar-refractivity contribution in [2.75, 3.05) is 26.1 Å². The molecular weight excluding hydrogens is 464 g/mol. The van der Waals surface area contributed by atoms with Gasteiger partial charge in [-0.2, -0.15) is 8.42 Å². The van der Waals surface area contributed by atoms with Crippen molar-refractivity contribution in [2.45, 2.75) is 44.5 Å². The first-order valence-electron chi connectivity index (χ1n) is 9.70. The molecule has 1 unspecified atom stereocenters. The zero-order chi connectivity index (χ0) is 24.6. The van der Waals surface area contributed by atoms with Crippen LogP contribution < -0.4 is 10.5 Å². The Morgan fingerprint density at radius 2 is 2.03 bits per heavy atom. The zero-order valence-electron chi connectivity index (χ0n) is 18.0. The summed E-state index contributed by atoms with van der Waals surface area (Å²) in [5, 5.41) is 30.8. The van der Waals surface area contributed by atoms with Crippen LogP contribution in [0.15, 0.2) is 12.7 Å². The lowest BCUT2D eigenvalue weighted by molar-refractivity contribution is -0.135. The molecule has 0 saturated carbocycles. The van der Waals surface area contributed by atoms with Gasteiger partial charge in [0, 0.05) is 12.5 Å². The second-order valence-electron chi connectivity index (χ2n) is 8.16. The molecule has 0 bridgehead atoms. The molecule has 16 heteroatoms. The van der Waals surface area contributed by atoms with E-state index in [-0.39, 0.29) is 23.6 Å². The number of nitrogens with zero attached hydrogens (tertiary/aromatic N) is 4. The van der Waals surface area contributed by atoms with Crippen molar-refractivity contribution < 1.29 is 42.2 Å². The van der Waals surface area contributed by atoms with E-state index in [4.69, 9.17) is 19.4 Å². The fourth-order valence-electron chi connectivity index (χ4n) is 3.32. The number of nitrogens with two attached hydrogens (primary N) is 1. The maximum atomic E-state index is 12.2. The van der Waals surface area contributed by atoms with Gasteiger partial charge < -0.3 is 30.5 Å². The lowest BCUT2D eigenvalue weighted by Crippen LogP contribution is -2.48. The molecule has 1 saturated heterocycles.